The number of esters is 1. The molecule has 0 fully saturated rings. The number of nitrogens with zero attached hydrogens (tertiary/aromatic N) is 3. The Morgan fingerprint density at radius 2 is 1.87 bits per heavy atom. The van der Waals surface area contributed by atoms with Crippen LogP contribution in [0.3, 0.4) is 0 Å². The smallest absolute Gasteiger partial charge is 0.341 e. The van der Waals surface area contributed by atoms with Crippen molar-refractivity contribution in [2.75, 3.05) is 14.2 Å². The molecule has 7 heteroatoms. The maximum Gasteiger partial charge on any atom is 0.341 e. The lowest BCUT2D eigenvalue weighted by molar-refractivity contribution is 0.0602. The van der Waals surface area contributed by atoms with Crippen LogP contribution in [-0.4, -0.2) is 34.8 Å². The first kappa shape index (κ1) is 14.8. The number of hydrogen-bond donors (Lipinski definition) is 0. The number of fused-ring (bicyclic) bond motifs is 1. The molecule has 23 heavy (non-hydrogen) atoms. The predicted octanol–water partition coefficient (Wildman–Crippen LogP) is 2.10. The Kier molecular flexibility index (Phi) is 4.09. The summed E-state index contributed by atoms with van der Waals surface area (Å²) in [5.41, 5.74) is 0.797. The van der Waals surface area contributed by atoms with E-state index in [1.165, 1.54) is 11.6 Å². The van der Waals surface area contributed by atoms with Crippen LogP contribution in [0.25, 0.3) is 5.65 Å². The van der Waals surface area contributed by atoms with Crippen LogP contribution in [0.15, 0.2) is 42.6 Å². The van der Waals surface area contributed by atoms with Gasteiger partial charge in [-0.2, -0.15) is 0 Å². The van der Waals surface area contributed by atoms with Crippen molar-refractivity contribution in [1.82, 2.24) is 14.6 Å². The van der Waals surface area contributed by atoms with Crippen molar-refractivity contribution in [3.05, 3.63) is 54.0 Å². The van der Waals surface area contributed by atoms with E-state index in [9.17, 15) is 4.79 Å². The number of rotatable bonds is 5. The standard InChI is InChI=1S/C16H15N3O4/c1-21-11-5-7-12(8-6-11)23-10-14-17-15-13(16(20)22-2)4-3-9-19(15)18-14/h3-9H,10H2,1-2H3. The second-order valence-electron chi connectivity index (χ2n) is 4.67. The van der Waals surface area contributed by atoms with E-state index in [0.717, 1.165) is 5.75 Å². The van der Waals surface area contributed by atoms with Gasteiger partial charge in [0.25, 0.3) is 0 Å². The first-order valence-corrected chi connectivity index (χ1v) is 6.90. The minimum absolute atomic E-state index is 0.189. The van der Waals surface area contributed by atoms with Crippen LogP contribution in [0.2, 0.25) is 0 Å². The summed E-state index contributed by atoms with van der Waals surface area (Å²) in [5, 5.41) is 4.29. The van der Waals surface area contributed by atoms with E-state index in [-0.39, 0.29) is 6.61 Å². The quantitative estimate of drug-likeness (QED) is 0.672. The number of benzene rings is 1. The van der Waals surface area contributed by atoms with Gasteiger partial charge in [-0.05, 0) is 36.4 Å². The number of methoxy groups -OCH3 is 2. The molecule has 0 aliphatic carbocycles. The Bertz CT molecular complexity index is 827. The van der Waals surface area contributed by atoms with Crippen molar-refractivity contribution in [3.63, 3.8) is 0 Å². The molecule has 0 aliphatic rings. The van der Waals surface area contributed by atoms with E-state index >= 15 is 0 Å². The Labute approximate surface area is 132 Å². The molecule has 0 unspecified atom stereocenters. The molecule has 3 rings (SSSR count). The fourth-order valence-electron chi connectivity index (χ4n) is 2.10. The van der Waals surface area contributed by atoms with Crippen LogP contribution in [-0.2, 0) is 11.3 Å². The third-order valence-electron chi connectivity index (χ3n) is 3.24. The lowest BCUT2D eigenvalue weighted by atomic mass is 10.3. The molecule has 2 heterocycles. The van der Waals surface area contributed by atoms with E-state index < -0.39 is 5.97 Å². The molecule has 118 valence electrons. The molecule has 0 atom stereocenters. The zero-order chi connectivity index (χ0) is 16.2. The summed E-state index contributed by atoms with van der Waals surface area (Å²) in [7, 11) is 2.94. The summed E-state index contributed by atoms with van der Waals surface area (Å²) in [6, 6.07) is 10.6. The van der Waals surface area contributed by atoms with Gasteiger partial charge in [-0.3, -0.25) is 0 Å². The Hall–Kier alpha value is -3.09. The van der Waals surface area contributed by atoms with E-state index in [1.54, 1.807) is 37.6 Å². The summed E-state index contributed by atoms with van der Waals surface area (Å²) in [6.07, 6.45) is 1.71. The zero-order valence-electron chi connectivity index (χ0n) is 12.7. The Balaban J connectivity index is 1.79. The highest BCUT2D eigenvalue weighted by atomic mass is 16.5. The molecule has 0 spiro atoms. The van der Waals surface area contributed by atoms with Gasteiger partial charge in [-0.15, -0.1) is 5.10 Å². The number of ether oxygens (including phenoxy) is 3. The summed E-state index contributed by atoms with van der Waals surface area (Å²) in [5.74, 6) is 1.45. The number of pyridine rings is 1. The van der Waals surface area contributed by atoms with Gasteiger partial charge in [-0.1, -0.05) is 0 Å². The van der Waals surface area contributed by atoms with Crippen LogP contribution in [0.1, 0.15) is 16.2 Å². The van der Waals surface area contributed by atoms with Crippen LogP contribution in [0.4, 0.5) is 0 Å². The average molecular weight is 313 g/mol. The first-order valence-electron chi connectivity index (χ1n) is 6.90. The van der Waals surface area contributed by atoms with Crippen molar-refractivity contribution in [2.24, 2.45) is 0 Å². The first-order chi connectivity index (χ1) is 11.2. The predicted molar refractivity (Wildman–Crippen MR) is 81.7 cm³/mol. The van der Waals surface area contributed by atoms with Crippen LogP contribution >= 0.6 is 0 Å². The molecular formula is C16H15N3O4. The van der Waals surface area contributed by atoms with Gasteiger partial charge in [0.2, 0.25) is 0 Å². The second-order valence-corrected chi connectivity index (χ2v) is 4.67. The number of aromatic nitrogens is 3. The van der Waals surface area contributed by atoms with Crippen LogP contribution in [0.5, 0.6) is 11.5 Å². The number of hydrogen-bond acceptors (Lipinski definition) is 6. The molecule has 7 nitrogen and oxygen atoms in total. The van der Waals surface area contributed by atoms with E-state index in [1.807, 2.05) is 12.1 Å². The maximum absolute atomic E-state index is 11.7. The van der Waals surface area contributed by atoms with Gasteiger partial charge in [0.05, 0.1) is 14.2 Å². The third kappa shape index (κ3) is 3.08. The minimum atomic E-state index is -0.453. The topological polar surface area (TPSA) is 75.0 Å². The van der Waals surface area contributed by atoms with Gasteiger partial charge in [0.15, 0.2) is 11.5 Å². The molecule has 0 amide bonds. The highest BCUT2D eigenvalue weighted by Gasteiger charge is 2.14. The molecule has 0 N–H and O–H groups in total. The molecule has 0 bridgehead atoms. The van der Waals surface area contributed by atoms with Crippen molar-refractivity contribution in [3.8, 4) is 11.5 Å². The molecular weight excluding hydrogens is 298 g/mol. The normalized spacial score (nSPS) is 10.5. The van der Waals surface area contributed by atoms with Crippen molar-refractivity contribution in [1.29, 1.82) is 0 Å². The van der Waals surface area contributed by atoms with Crippen LogP contribution < -0.4 is 9.47 Å². The summed E-state index contributed by atoms with van der Waals surface area (Å²) < 4.78 is 17.0. The third-order valence-corrected chi connectivity index (χ3v) is 3.24. The zero-order valence-corrected chi connectivity index (χ0v) is 12.7. The minimum Gasteiger partial charge on any atom is -0.497 e. The van der Waals surface area contributed by atoms with Gasteiger partial charge in [0, 0.05) is 6.20 Å². The molecule has 2 aromatic heterocycles. The van der Waals surface area contributed by atoms with Gasteiger partial charge >= 0.3 is 5.97 Å². The molecule has 1 aromatic carbocycles. The van der Waals surface area contributed by atoms with E-state index in [0.29, 0.717) is 22.8 Å². The molecule has 0 saturated carbocycles. The fraction of sp³-hybridized carbons (Fsp3) is 0.188. The number of carbonyl (C=O) groups excluding carboxylic acids is 1. The van der Waals surface area contributed by atoms with Gasteiger partial charge in [-0.25, -0.2) is 14.3 Å². The van der Waals surface area contributed by atoms with Gasteiger partial charge in [0.1, 0.15) is 23.7 Å². The summed E-state index contributed by atoms with van der Waals surface area (Å²) >= 11 is 0. The largest absolute Gasteiger partial charge is 0.497 e. The highest BCUT2D eigenvalue weighted by molar-refractivity contribution is 5.95. The van der Waals surface area contributed by atoms with Crippen molar-refractivity contribution >= 4 is 11.6 Å². The van der Waals surface area contributed by atoms with E-state index in [4.69, 9.17) is 14.2 Å². The fourth-order valence-corrected chi connectivity index (χ4v) is 2.10. The molecule has 0 aliphatic heterocycles. The van der Waals surface area contributed by atoms with Crippen molar-refractivity contribution in [2.45, 2.75) is 6.61 Å². The number of carbonyl (C=O) groups is 1. The molecule has 0 saturated heterocycles. The van der Waals surface area contributed by atoms with E-state index in [2.05, 4.69) is 10.1 Å². The lowest BCUT2D eigenvalue weighted by Gasteiger charge is -2.04. The average Bonchev–Trinajstić information content (AvgIpc) is 3.02. The van der Waals surface area contributed by atoms with Crippen molar-refractivity contribution < 1.29 is 19.0 Å². The molecule has 3 aromatic rings. The summed E-state index contributed by atoms with van der Waals surface area (Å²) in [6.45, 7) is 0.189. The van der Waals surface area contributed by atoms with Gasteiger partial charge < -0.3 is 14.2 Å². The second kappa shape index (κ2) is 6.35. The Morgan fingerprint density at radius 3 is 2.57 bits per heavy atom. The molecule has 0 radical (unpaired) electrons. The summed E-state index contributed by atoms with van der Waals surface area (Å²) in [4.78, 5) is 16.1. The Morgan fingerprint density at radius 1 is 1.13 bits per heavy atom. The van der Waals surface area contributed by atoms with Crippen LogP contribution in [0, 0.1) is 0 Å². The lowest BCUT2D eigenvalue weighted by Crippen LogP contribution is -2.04. The maximum atomic E-state index is 11.7. The monoisotopic (exact) mass is 313 g/mol. The highest BCUT2D eigenvalue weighted by Crippen LogP contribution is 2.18. The SMILES string of the molecule is COC(=O)c1cccn2nc(COc3ccc(OC)cc3)nc12.